The van der Waals surface area contributed by atoms with Gasteiger partial charge in [0.05, 0.1) is 5.69 Å². The second kappa shape index (κ2) is 7.25. The third-order valence-electron chi connectivity index (χ3n) is 4.78. The summed E-state index contributed by atoms with van der Waals surface area (Å²) in [6.45, 7) is 9.15. The maximum absolute atomic E-state index is 4.47. The maximum Gasteiger partial charge on any atom is 0.158 e. The number of rotatable bonds is 4. The van der Waals surface area contributed by atoms with Gasteiger partial charge in [-0.15, -0.1) is 0 Å². The quantitative estimate of drug-likeness (QED) is 0.725. The van der Waals surface area contributed by atoms with E-state index in [4.69, 9.17) is 0 Å². The molecule has 1 fully saturated rings. The van der Waals surface area contributed by atoms with Crippen molar-refractivity contribution < 1.29 is 0 Å². The van der Waals surface area contributed by atoms with Crippen molar-refractivity contribution in [2.24, 2.45) is 0 Å². The van der Waals surface area contributed by atoms with Gasteiger partial charge >= 0.3 is 0 Å². The number of hydrogen-bond acceptors (Lipinski definition) is 5. The van der Waals surface area contributed by atoms with E-state index < -0.39 is 0 Å². The van der Waals surface area contributed by atoms with Crippen molar-refractivity contribution in [1.29, 1.82) is 0 Å². The van der Waals surface area contributed by atoms with Crippen LogP contribution in [-0.2, 0) is 6.54 Å². The normalized spacial score (nSPS) is 15.4. The molecule has 134 valence electrons. The van der Waals surface area contributed by atoms with Gasteiger partial charge in [0.2, 0.25) is 0 Å². The molecule has 1 saturated heterocycles. The molecule has 1 aromatic carbocycles. The molecule has 0 aliphatic carbocycles. The van der Waals surface area contributed by atoms with E-state index in [0.717, 1.165) is 50.1 Å². The fourth-order valence-corrected chi connectivity index (χ4v) is 3.38. The summed E-state index contributed by atoms with van der Waals surface area (Å²) in [6.07, 6.45) is 3.56. The van der Waals surface area contributed by atoms with Gasteiger partial charge in [0.15, 0.2) is 5.82 Å². The molecule has 1 aliphatic rings. The molecule has 0 atom stereocenters. The van der Waals surface area contributed by atoms with Gasteiger partial charge in [-0.2, -0.15) is 5.10 Å². The summed E-state index contributed by atoms with van der Waals surface area (Å²) in [4.78, 5) is 13.7. The van der Waals surface area contributed by atoms with E-state index in [1.807, 2.05) is 25.3 Å². The largest absolute Gasteiger partial charge is 0.354 e. The van der Waals surface area contributed by atoms with Crippen LogP contribution >= 0.6 is 0 Å². The van der Waals surface area contributed by atoms with Crippen LogP contribution in [0.3, 0.4) is 0 Å². The Bertz CT molecular complexity index is 879. The van der Waals surface area contributed by atoms with Crippen molar-refractivity contribution >= 4 is 5.82 Å². The third-order valence-corrected chi connectivity index (χ3v) is 4.78. The second-order valence-electron chi connectivity index (χ2n) is 6.89. The van der Waals surface area contributed by atoms with Gasteiger partial charge in [0.25, 0.3) is 0 Å². The summed E-state index contributed by atoms with van der Waals surface area (Å²) in [6, 6.07) is 12.8. The van der Waals surface area contributed by atoms with Gasteiger partial charge in [0, 0.05) is 45.0 Å². The molecule has 6 nitrogen and oxygen atoms in total. The minimum absolute atomic E-state index is 0.810. The predicted molar refractivity (Wildman–Crippen MR) is 103 cm³/mol. The van der Waals surface area contributed by atoms with Crippen LogP contribution in [0.1, 0.15) is 16.8 Å². The van der Waals surface area contributed by atoms with Gasteiger partial charge in [-0.3, -0.25) is 4.90 Å². The average Bonchev–Trinajstić information content (AvgIpc) is 3.09. The highest BCUT2D eigenvalue weighted by molar-refractivity contribution is 5.43. The fraction of sp³-hybridized carbons (Fsp3) is 0.350. The van der Waals surface area contributed by atoms with Crippen molar-refractivity contribution in [2.75, 3.05) is 31.1 Å². The first-order valence-corrected chi connectivity index (χ1v) is 9.05. The Morgan fingerprint density at radius 2 is 1.73 bits per heavy atom. The Morgan fingerprint density at radius 1 is 0.923 bits per heavy atom. The van der Waals surface area contributed by atoms with Gasteiger partial charge in [-0.25, -0.2) is 14.6 Å². The Morgan fingerprint density at radius 3 is 2.46 bits per heavy atom. The van der Waals surface area contributed by atoms with Crippen LogP contribution in [0.5, 0.6) is 0 Å². The fourth-order valence-electron chi connectivity index (χ4n) is 3.38. The zero-order valence-corrected chi connectivity index (χ0v) is 15.3. The number of aryl methyl sites for hydroxylation is 2. The molecule has 0 spiro atoms. The number of anilines is 1. The molecular formula is C20H24N6. The standard InChI is InChI=1S/C20H24N6/c1-16-4-3-5-18(12-16)14-24-8-10-25(11-9-24)19-13-20(22-15-21-19)26-7-6-17(2)23-26/h3-7,12-13,15H,8-11,14H2,1-2H3. The number of piperazine rings is 1. The summed E-state index contributed by atoms with van der Waals surface area (Å²) < 4.78 is 1.80. The lowest BCUT2D eigenvalue weighted by molar-refractivity contribution is 0.249. The second-order valence-corrected chi connectivity index (χ2v) is 6.89. The molecule has 0 bridgehead atoms. The van der Waals surface area contributed by atoms with Gasteiger partial charge in [0.1, 0.15) is 12.1 Å². The van der Waals surface area contributed by atoms with Crippen LogP contribution in [0, 0.1) is 13.8 Å². The molecule has 2 aromatic heterocycles. The lowest BCUT2D eigenvalue weighted by Crippen LogP contribution is -2.46. The minimum Gasteiger partial charge on any atom is -0.354 e. The van der Waals surface area contributed by atoms with E-state index in [0.29, 0.717) is 0 Å². The zero-order chi connectivity index (χ0) is 17.9. The monoisotopic (exact) mass is 348 g/mol. The summed E-state index contributed by atoms with van der Waals surface area (Å²) >= 11 is 0. The number of hydrogen-bond donors (Lipinski definition) is 0. The molecule has 3 heterocycles. The van der Waals surface area contributed by atoms with Crippen molar-refractivity contribution in [2.45, 2.75) is 20.4 Å². The first-order valence-electron chi connectivity index (χ1n) is 9.05. The molecule has 3 aromatic rings. The molecule has 0 unspecified atom stereocenters. The van der Waals surface area contributed by atoms with E-state index in [1.165, 1.54) is 11.1 Å². The zero-order valence-electron chi connectivity index (χ0n) is 15.3. The van der Waals surface area contributed by atoms with Crippen LogP contribution in [0.25, 0.3) is 5.82 Å². The van der Waals surface area contributed by atoms with Crippen LogP contribution in [0.4, 0.5) is 5.82 Å². The smallest absolute Gasteiger partial charge is 0.158 e. The molecule has 0 radical (unpaired) electrons. The molecule has 0 N–H and O–H groups in total. The van der Waals surface area contributed by atoms with Crippen molar-refractivity contribution in [3.63, 3.8) is 0 Å². The molecule has 4 rings (SSSR count). The minimum atomic E-state index is 0.810. The van der Waals surface area contributed by atoms with E-state index in [1.54, 1.807) is 11.0 Å². The number of nitrogens with zero attached hydrogens (tertiary/aromatic N) is 6. The van der Waals surface area contributed by atoms with Crippen LogP contribution < -0.4 is 4.90 Å². The Labute approximate surface area is 154 Å². The van der Waals surface area contributed by atoms with Gasteiger partial charge in [-0.1, -0.05) is 29.8 Å². The first-order chi connectivity index (χ1) is 12.7. The maximum atomic E-state index is 4.47. The number of aromatic nitrogens is 4. The van der Waals surface area contributed by atoms with Gasteiger partial charge in [-0.05, 0) is 25.5 Å². The Balaban J connectivity index is 1.40. The molecule has 6 heteroatoms. The summed E-state index contributed by atoms with van der Waals surface area (Å²) in [5, 5.41) is 4.43. The average molecular weight is 348 g/mol. The van der Waals surface area contributed by atoms with Crippen LogP contribution in [0.15, 0.2) is 48.9 Å². The highest BCUT2D eigenvalue weighted by Gasteiger charge is 2.19. The highest BCUT2D eigenvalue weighted by Crippen LogP contribution is 2.17. The SMILES string of the molecule is Cc1cccc(CN2CCN(c3cc(-n4ccc(C)n4)ncn3)CC2)c1. The third kappa shape index (κ3) is 3.75. The molecule has 0 saturated carbocycles. The Hall–Kier alpha value is -2.73. The summed E-state index contributed by atoms with van der Waals surface area (Å²) in [5.41, 5.74) is 3.69. The summed E-state index contributed by atoms with van der Waals surface area (Å²) in [7, 11) is 0. The lowest BCUT2D eigenvalue weighted by Gasteiger charge is -2.35. The molecular weight excluding hydrogens is 324 g/mol. The first kappa shape index (κ1) is 16.7. The number of benzene rings is 1. The van der Waals surface area contributed by atoms with Crippen LogP contribution in [-0.4, -0.2) is 50.8 Å². The van der Waals surface area contributed by atoms with Gasteiger partial charge < -0.3 is 4.90 Å². The molecule has 0 amide bonds. The summed E-state index contributed by atoms with van der Waals surface area (Å²) in [5.74, 6) is 1.78. The predicted octanol–water partition coefficient (Wildman–Crippen LogP) is 2.60. The topological polar surface area (TPSA) is 50.1 Å². The van der Waals surface area contributed by atoms with E-state index >= 15 is 0 Å². The van der Waals surface area contributed by atoms with E-state index in [-0.39, 0.29) is 0 Å². The van der Waals surface area contributed by atoms with Crippen molar-refractivity contribution in [1.82, 2.24) is 24.6 Å². The highest BCUT2D eigenvalue weighted by atomic mass is 15.3. The lowest BCUT2D eigenvalue weighted by atomic mass is 10.1. The Kier molecular flexibility index (Phi) is 4.67. The van der Waals surface area contributed by atoms with E-state index in [9.17, 15) is 0 Å². The van der Waals surface area contributed by atoms with Crippen LogP contribution in [0.2, 0.25) is 0 Å². The molecule has 26 heavy (non-hydrogen) atoms. The van der Waals surface area contributed by atoms with Crippen molar-refractivity contribution in [3.05, 3.63) is 65.7 Å². The molecule has 1 aliphatic heterocycles. The van der Waals surface area contributed by atoms with E-state index in [2.05, 4.69) is 56.1 Å². The van der Waals surface area contributed by atoms with Crippen molar-refractivity contribution in [3.8, 4) is 5.82 Å².